The topological polar surface area (TPSA) is 29.1 Å². The van der Waals surface area contributed by atoms with E-state index in [1.807, 2.05) is 6.92 Å². The molecular weight excluding hydrogens is 186 g/mol. The highest BCUT2D eigenvalue weighted by molar-refractivity contribution is 5.76. The molecule has 90 valence electrons. The van der Waals surface area contributed by atoms with E-state index in [2.05, 4.69) is 39.9 Å². The van der Waals surface area contributed by atoms with Crippen LogP contribution in [0.4, 0.5) is 0 Å². The zero-order chi connectivity index (χ0) is 12.1. The molecular formula is C13H27NO. The number of hydrogen-bond acceptors (Lipinski definition) is 1. The fourth-order valence-corrected chi connectivity index (χ4v) is 1.42. The smallest absolute Gasteiger partial charge is 0.220 e. The summed E-state index contributed by atoms with van der Waals surface area (Å²) in [7, 11) is 0. The first-order chi connectivity index (χ1) is 6.66. The van der Waals surface area contributed by atoms with Gasteiger partial charge in [-0.1, -0.05) is 27.7 Å². The third-order valence-electron chi connectivity index (χ3n) is 2.45. The maximum absolute atomic E-state index is 11.5. The average molecular weight is 213 g/mol. The van der Waals surface area contributed by atoms with Crippen LogP contribution in [-0.4, -0.2) is 11.4 Å². The van der Waals surface area contributed by atoms with Crippen LogP contribution < -0.4 is 5.32 Å². The first-order valence-electron chi connectivity index (χ1n) is 5.97. The van der Waals surface area contributed by atoms with E-state index in [1.165, 1.54) is 0 Å². The second kappa shape index (κ2) is 5.53. The molecule has 0 bridgehead atoms. The maximum Gasteiger partial charge on any atom is 0.220 e. The first kappa shape index (κ1) is 14.5. The third-order valence-corrected chi connectivity index (χ3v) is 2.45. The molecule has 15 heavy (non-hydrogen) atoms. The molecule has 2 heteroatoms. The minimum atomic E-state index is -0.0699. The Kier molecular flexibility index (Phi) is 5.33. The van der Waals surface area contributed by atoms with Gasteiger partial charge in [0, 0.05) is 12.0 Å². The second-order valence-electron chi connectivity index (χ2n) is 6.24. The van der Waals surface area contributed by atoms with E-state index in [4.69, 9.17) is 0 Å². The lowest BCUT2D eigenvalue weighted by Crippen LogP contribution is -2.43. The molecule has 0 atom stereocenters. The summed E-state index contributed by atoms with van der Waals surface area (Å²) in [5.74, 6) is 0.177. The van der Waals surface area contributed by atoms with Crippen molar-refractivity contribution in [2.75, 3.05) is 0 Å². The van der Waals surface area contributed by atoms with Gasteiger partial charge in [-0.05, 0) is 38.5 Å². The molecule has 0 saturated carbocycles. The van der Waals surface area contributed by atoms with Crippen molar-refractivity contribution in [1.29, 1.82) is 0 Å². The molecule has 0 aliphatic heterocycles. The van der Waals surface area contributed by atoms with E-state index in [1.54, 1.807) is 0 Å². The predicted molar refractivity (Wildman–Crippen MR) is 65.8 cm³/mol. The highest BCUT2D eigenvalue weighted by Gasteiger charge is 2.22. The van der Waals surface area contributed by atoms with Crippen LogP contribution in [0.5, 0.6) is 0 Å². The molecule has 1 amide bonds. The van der Waals surface area contributed by atoms with Crippen LogP contribution in [0.25, 0.3) is 0 Å². The molecule has 0 saturated heterocycles. The molecule has 0 radical (unpaired) electrons. The maximum atomic E-state index is 11.5. The Hall–Kier alpha value is -0.530. The summed E-state index contributed by atoms with van der Waals surface area (Å²) < 4.78 is 0. The molecule has 0 spiro atoms. The fourth-order valence-electron chi connectivity index (χ4n) is 1.42. The lowest BCUT2D eigenvalue weighted by Gasteiger charge is -2.30. The molecule has 0 fully saturated rings. The Balaban J connectivity index is 4.02. The third kappa shape index (κ3) is 8.46. The monoisotopic (exact) mass is 213 g/mol. The Bertz CT molecular complexity index is 201. The van der Waals surface area contributed by atoms with E-state index in [9.17, 15) is 4.79 Å². The summed E-state index contributed by atoms with van der Waals surface area (Å²) in [4.78, 5) is 11.5. The molecule has 1 N–H and O–H groups in total. The molecule has 0 aromatic heterocycles. The second-order valence-corrected chi connectivity index (χ2v) is 6.24. The van der Waals surface area contributed by atoms with Crippen molar-refractivity contribution in [3.63, 3.8) is 0 Å². The molecule has 0 rings (SSSR count). The van der Waals surface area contributed by atoms with Crippen LogP contribution in [0.15, 0.2) is 0 Å². The number of carbonyl (C=O) groups excluding carboxylic acids is 1. The van der Waals surface area contributed by atoms with Crippen LogP contribution in [0.2, 0.25) is 0 Å². The molecule has 0 aliphatic carbocycles. The summed E-state index contributed by atoms with van der Waals surface area (Å²) in [6.07, 6.45) is 3.72. The number of hydrogen-bond donors (Lipinski definition) is 1. The molecule has 2 nitrogen and oxygen atoms in total. The number of rotatable bonds is 5. The van der Waals surface area contributed by atoms with Crippen LogP contribution in [0.3, 0.4) is 0 Å². The van der Waals surface area contributed by atoms with Crippen LogP contribution >= 0.6 is 0 Å². The number of amides is 1. The fraction of sp³-hybridized carbons (Fsp3) is 0.923. The van der Waals surface area contributed by atoms with Gasteiger partial charge >= 0.3 is 0 Å². The largest absolute Gasteiger partial charge is 0.351 e. The Morgan fingerprint density at radius 2 is 1.60 bits per heavy atom. The molecule has 0 heterocycles. The van der Waals surface area contributed by atoms with Crippen LogP contribution in [0.1, 0.15) is 67.2 Å². The Morgan fingerprint density at radius 1 is 1.07 bits per heavy atom. The van der Waals surface area contributed by atoms with E-state index >= 15 is 0 Å². The zero-order valence-electron chi connectivity index (χ0n) is 11.2. The molecule has 0 aromatic carbocycles. The zero-order valence-corrected chi connectivity index (χ0v) is 11.2. The molecule has 0 aromatic rings. The van der Waals surface area contributed by atoms with E-state index in [0.29, 0.717) is 11.8 Å². The van der Waals surface area contributed by atoms with Crippen molar-refractivity contribution in [2.45, 2.75) is 72.8 Å². The molecule has 0 unspecified atom stereocenters. The Morgan fingerprint density at radius 3 is 2.00 bits per heavy atom. The minimum Gasteiger partial charge on any atom is -0.351 e. The van der Waals surface area contributed by atoms with Gasteiger partial charge in [0.15, 0.2) is 0 Å². The lowest BCUT2D eigenvalue weighted by atomic mass is 9.84. The van der Waals surface area contributed by atoms with Gasteiger partial charge in [-0.25, -0.2) is 0 Å². The highest BCUT2D eigenvalue weighted by atomic mass is 16.1. The van der Waals surface area contributed by atoms with Crippen LogP contribution in [0, 0.1) is 5.41 Å². The van der Waals surface area contributed by atoms with Gasteiger partial charge in [-0.15, -0.1) is 0 Å². The minimum absolute atomic E-state index is 0.0699. The van der Waals surface area contributed by atoms with Crippen molar-refractivity contribution in [3.8, 4) is 0 Å². The summed E-state index contributed by atoms with van der Waals surface area (Å²) in [5.41, 5.74) is 0.270. The molecule has 0 aliphatic rings. The summed E-state index contributed by atoms with van der Waals surface area (Å²) in [6.45, 7) is 12.9. The van der Waals surface area contributed by atoms with Crippen LogP contribution in [-0.2, 0) is 4.79 Å². The van der Waals surface area contributed by atoms with E-state index in [0.717, 1.165) is 19.3 Å². The number of carbonyl (C=O) groups is 1. The van der Waals surface area contributed by atoms with Gasteiger partial charge in [0.2, 0.25) is 5.91 Å². The highest BCUT2D eigenvalue weighted by Crippen LogP contribution is 2.25. The van der Waals surface area contributed by atoms with Gasteiger partial charge < -0.3 is 5.32 Å². The van der Waals surface area contributed by atoms with Gasteiger partial charge in [0.25, 0.3) is 0 Å². The summed E-state index contributed by atoms with van der Waals surface area (Å²) in [5, 5.41) is 3.09. The Labute approximate surface area is 94.8 Å². The van der Waals surface area contributed by atoms with Crippen molar-refractivity contribution < 1.29 is 4.79 Å². The van der Waals surface area contributed by atoms with Gasteiger partial charge in [0.05, 0.1) is 0 Å². The van der Waals surface area contributed by atoms with Gasteiger partial charge in [-0.3, -0.25) is 4.79 Å². The van der Waals surface area contributed by atoms with E-state index < -0.39 is 0 Å². The predicted octanol–water partition coefficient (Wildman–Crippen LogP) is 3.51. The number of nitrogens with one attached hydrogen (secondary N) is 1. The lowest BCUT2D eigenvalue weighted by molar-refractivity contribution is -0.122. The normalized spacial score (nSPS) is 12.7. The SMILES string of the molecule is CCCC(=O)NC(C)(C)CCC(C)(C)C. The van der Waals surface area contributed by atoms with Crippen molar-refractivity contribution in [1.82, 2.24) is 5.32 Å². The van der Waals surface area contributed by atoms with Crippen molar-refractivity contribution >= 4 is 5.91 Å². The van der Waals surface area contributed by atoms with Crippen molar-refractivity contribution in [3.05, 3.63) is 0 Å². The van der Waals surface area contributed by atoms with Gasteiger partial charge in [0.1, 0.15) is 0 Å². The van der Waals surface area contributed by atoms with E-state index in [-0.39, 0.29) is 11.4 Å². The summed E-state index contributed by atoms with van der Waals surface area (Å²) in [6, 6.07) is 0. The van der Waals surface area contributed by atoms with Gasteiger partial charge in [-0.2, -0.15) is 0 Å². The standard InChI is InChI=1S/C13H27NO/c1-7-8-11(15)14-13(5,6)10-9-12(2,3)4/h7-10H2,1-6H3,(H,14,15). The first-order valence-corrected chi connectivity index (χ1v) is 5.97. The quantitative estimate of drug-likeness (QED) is 0.744. The van der Waals surface area contributed by atoms with Crippen molar-refractivity contribution in [2.24, 2.45) is 5.41 Å². The average Bonchev–Trinajstić information content (AvgIpc) is 1.99. The summed E-state index contributed by atoms with van der Waals surface area (Å²) >= 11 is 0.